The number of carbonyl (C=O) groups excluding carboxylic acids is 1. The summed E-state index contributed by atoms with van der Waals surface area (Å²) in [7, 11) is 3.19. The molecule has 0 spiro atoms. The number of nitrogens with zero attached hydrogens (tertiary/aromatic N) is 1. The summed E-state index contributed by atoms with van der Waals surface area (Å²) in [4.78, 5) is 15.1. The van der Waals surface area contributed by atoms with Crippen LogP contribution in [0.5, 0.6) is 11.5 Å². The first-order valence-electron chi connectivity index (χ1n) is 8.02. The number of rotatable bonds is 4. The average Bonchev–Trinajstić information content (AvgIpc) is 2.89. The van der Waals surface area contributed by atoms with Gasteiger partial charge in [0.1, 0.15) is 11.5 Å². The van der Waals surface area contributed by atoms with Crippen LogP contribution in [0.2, 0.25) is 0 Å². The Balaban J connectivity index is 1.97. The maximum Gasteiger partial charge on any atom is 0.270 e. The first-order valence-corrected chi connectivity index (χ1v) is 9.24. The van der Waals surface area contributed by atoms with E-state index in [9.17, 15) is 4.79 Å². The Morgan fingerprint density at radius 1 is 1.08 bits per heavy atom. The second-order valence-electron chi connectivity index (χ2n) is 5.91. The van der Waals surface area contributed by atoms with Crippen molar-refractivity contribution < 1.29 is 14.3 Å². The predicted octanol–water partition coefficient (Wildman–Crippen LogP) is 4.73. The second-order valence-corrected chi connectivity index (χ2v) is 7.59. The quantitative estimate of drug-likeness (QED) is 0.562. The van der Waals surface area contributed by atoms with E-state index in [4.69, 9.17) is 21.7 Å². The summed E-state index contributed by atoms with van der Waals surface area (Å²) in [6, 6.07) is 11.4. The van der Waals surface area contributed by atoms with Gasteiger partial charge in [-0.05, 0) is 43.7 Å². The van der Waals surface area contributed by atoms with Crippen LogP contribution in [0.1, 0.15) is 16.7 Å². The van der Waals surface area contributed by atoms with Crippen LogP contribution in [-0.4, -0.2) is 24.4 Å². The standard InChI is InChI=1S/C20H19NO3S2/c1-12-5-8-16(13(2)9-12)21-19(22)18(26-20(21)25)10-14-6-7-15(23-3)11-17(14)24-4/h5-11H,1-4H3/b18-10-. The lowest BCUT2D eigenvalue weighted by atomic mass is 10.1. The van der Waals surface area contributed by atoms with E-state index in [0.29, 0.717) is 20.7 Å². The van der Waals surface area contributed by atoms with E-state index in [1.165, 1.54) is 11.8 Å². The number of carbonyl (C=O) groups is 1. The van der Waals surface area contributed by atoms with E-state index < -0.39 is 0 Å². The molecule has 0 N–H and O–H groups in total. The summed E-state index contributed by atoms with van der Waals surface area (Å²) in [6.45, 7) is 4.01. The molecule has 0 aliphatic carbocycles. The fourth-order valence-electron chi connectivity index (χ4n) is 2.81. The van der Waals surface area contributed by atoms with Crippen molar-refractivity contribution in [1.82, 2.24) is 0 Å². The number of amides is 1. The largest absolute Gasteiger partial charge is 0.497 e. The zero-order chi connectivity index (χ0) is 18.8. The monoisotopic (exact) mass is 385 g/mol. The molecule has 26 heavy (non-hydrogen) atoms. The van der Waals surface area contributed by atoms with Gasteiger partial charge in [-0.2, -0.15) is 0 Å². The Morgan fingerprint density at radius 2 is 1.85 bits per heavy atom. The van der Waals surface area contributed by atoms with Gasteiger partial charge in [-0.15, -0.1) is 0 Å². The summed E-state index contributed by atoms with van der Waals surface area (Å²) >= 11 is 6.76. The lowest BCUT2D eigenvalue weighted by Crippen LogP contribution is -2.28. The Labute approximate surface area is 162 Å². The lowest BCUT2D eigenvalue weighted by Gasteiger charge is -2.17. The van der Waals surface area contributed by atoms with Crippen LogP contribution in [0.3, 0.4) is 0 Å². The summed E-state index contributed by atoms with van der Waals surface area (Å²) in [5.74, 6) is 1.22. The van der Waals surface area contributed by atoms with Gasteiger partial charge < -0.3 is 9.47 Å². The van der Waals surface area contributed by atoms with E-state index in [0.717, 1.165) is 22.4 Å². The van der Waals surface area contributed by atoms with E-state index in [1.807, 2.05) is 44.2 Å². The molecule has 134 valence electrons. The minimum atomic E-state index is -0.121. The van der Waals surface area contributed by atoms with Crippen molar-refractivity contribution in [2.24, 2.45) is 0 Å². The smallest absolute Gasteiger partial charge is 0.270 e. The van der Waals surface area contributed by atoms with Crippen LogP contribution in [0.25, 0.3) is 6.08 Å². The van der Waals surface area contributed by atoms with Crippen LogP contribution in [0.15, 0.2) is 41.3 Å². The highest BCUT2D eigenvalue weighted by molar-refractivity contribution is 8.27. The maximum absolute atomic E-state index is 13.0. The number of hydrogen-bond donors (Lipinski definition) is 0. The molecular formula is C20H19NO3S2. The Hall–Kier alpha value is -2.31. The summed E-state index contributed by atoms with van der Waals surface area (Å²) in [6.07, 6.45) is 1.81. The molecule has 1 fully saturated rings. The summed E-state index contributed by atoms with van der Waals surface area (Å²) in [5.41, 5.74) is 3.79. The minimum absolute atomic E-state index is 0.121. The molecule has 0 bridgehead atoms. The number of thiocarbonyl (C=S) groups is 1. The molecule has 1 aliphatic rings. The van der Waals surface area contributed by atoms with E-state index in [2.05, 4.69) is 0 Å². The van der Waals surface area contributed by atoms with Gasteiger partial charge in [0.2, 0.25) is 0 Å². The van der Waals surface area contributed by atoms with Gasteiger partial charge in [-0.3, -0.25) is 9.69 Å². The molecule has 1 heterocycles. The highest BCUT2D eigenvalue weighted by Crippen LogP contribution is 2.38. The van der Waals surface area contributed by atoms with Crippen molar-refractivity contribution in [3.8, 4) is 11.5 Å². The molecule has 0 atom stereocenters. The van der Waals surface area contributed by atoms with E-state index in [-0.39, 0.29) is 5.91 Å². The fraction of sp³-hybridized carbons (Fsp3) is 0.200. The molecule has 1 saturated heterocycles. The first kappa shape index (κ1) is 18.5. The number of thioether (sulfide) groups is 1. The normalized spacial score (nSPS) is 15.7. The molecule has 6 heteroatoms. The number of hydrogen-bond acceptors (Lipinski definition) is 5. The van der Waals surface area contributed by atoms with Crippen molar-refractivity contribution in [3.63, 3.8) is 0 Å². The van der Waals surface area contributed by atoms with Gasteiger partial charge >= 0.3 is 0 Å². The molecule has 1 aliphatic heterocycles. The molecule has 0 saturated carbocycles. The van der Waals surface area contributed by atoms with Gasteiger partial charge in [0.15, 0.2) is 4.32 Å². The highest BCUT2D eigenvalue weighted by Gasteiger charge is 2.34. The van der Waals surface area contributed by atoms with Crippen molar-refractivity contribution in [2.75, 3.05) is 19.1 Å². The zero-order valence-corrected chi connectivity index (χ0v) is 16.7. The highest BCUT2D eigenvalue weighted by atomic mass is 32.2. The number of ether oxygens (including phenoxy) is 2. The number of aryl methyl sites for hydroxylation is 2. The van der Waals surface area contributed by atoms with Gasteiger partial charge in [0, 0.05) is 11.6 Å². The molecule has 4 nitrogen and oxygen atoms in total. The molecule has 1 amide bonds. The minimum Gasteiger partial charge on any atom is -0.497 e. The number of benzene rings is 2. The third kappa shape index (κ3) is 3.48. The van der Waals surface area contributed by atoms with Gasteiger partial charge in [0.25, 0.3) is 5.91 Å². The summed E-state index contributed by atoms with van der Waals surface area (Å²) < 4.78 is 11.2. The fourth-order valence-corrected chi connectivity index (χ4v) is 4.09. The zero-order valence-electron chi connectivity index (χ0n) is 15.0. The maximum atomic E-state index is 13.0. The Morgan fingerprint density at radius 3 is 2.50 bits per heavy atom. The van der Waals surface area contributed by atoms with Crippen LogP contribution in [-0.2, 0) is 4.79 Å². The Kier molecular flexibility index (Phi) is 5.34. The molecular weight excluding hydrogens is 366 g/mol. The van der Waals surface area contributed by atoms with E-state index >= 15 is 0 Å². The molecule has 0 unspecified atom stereocenters. The molecule has 2 aromatic rings. The topological polar surface area (TPSA) is 38.8 Å². The Bertz CT molecular complexity index is 921. The third-order valence-electron chi connectivity index (χ3n) is 4.11. The SMILES string of the molecule is COc1ccc(/C=C2\SC(=S)N(c3ccc(C)cc3C)C2=O)c(OC)c1. The van der Waals surface area contributed by atoms with Gasteiger partial charge in [-0.25, -0.2) is 0 Å². The van der Waals surface area contributed by atoms with Crippen LogP contribution < -0.4 is 14.4 Å². The second kappa shape index (κ2) is 7.51. The van der Waals surface area contributed by atoms with Crippen molar-refractivity contribution in [2.45, 2.75) is 13.8 Å². The first-order chi connectivity index (χ1) is 12.4. The van der Waals surface area contributed by atoms with Gasteiger partial charge in [-0.1, -0.05) is 41.7 Å². The van der Waals surface area contributed by atoms with Crippen LogP contribution >= 0.6 is 24.0 Å². The van der Waals surface area contributed by atoms with Crippen LogP contribution in [0.4, 0.5) is 5.69 Å². The average molecular weight is 386 g/mol. The van der Waals surface area contributed by atoms with Crippen molar-refractivity contribution >= 4 is 46.0 Å². The number of anilines is 1. The van der Waals surface area contributed by atoms with Crippen LogP contribution in [0, 0.1) is 13.8 Å². The molecule has 0 radical (unpaired) electrons. The predicted molar refractivity (Wildman–Crippen MR) is 111 cm³/mol. The van der Waals surface area contributed by atoms with Crippen molar-refractivity contribution in [3.05, 3.63) is 58.0 Å². The van der Waals surface area contributed by atoms with E-state index in [1.54, 1.807) is 31.3 Å². The molecule has 3 rings (SSSR count). The van der Waals surface area contributed by atoms with Crippen molar-refractivity contribution in [1.29, 1.82) is 0 Å². The molecule has 2 aromatic carbocycles. The van der Waals surface area contributed by atoms with Gasteiger partial charge in [0.05, 0.1) is 24.8 Å². The summed E-state index contributed by atoms with van der Waals surface area (Å²) in [5, 5.41) is 0. The lowest BCUT2D eigenvalue weighted by molar-refractivity contribution is -0.113. The molecule has 0 aromatic heterocycles. The third-order valence-corrected chi connectivity index (χ3v) is 5.42. The number of methoxy groups -OCH3 is 2.